The number of carbonyl (C=O) groups is 2. The van der Waals surface area contributed by atoms with Gasteiger partial charge in [0.2, 0.25) is 5.76 Å². The highest BCUT2D eigenvalue weighted by atomic mass is 35.5. The molecule has 1 N–H and O–H groups in total. The quantitative estimate of drug-likeness (QED) is 0.602. The Hall–Kier alpha value is -3.19. The standard InChI is InChI=1S/C20H14ClF2NO4/c1-11(19(25)24-18-14(22)7-4-8-15(18)23)27-20(26)17-10-9-16(28-17)12-5-2-3-6-13(12)21/h2-11H,1H3,(H,24,25)/t11-/m1/s1. The van der Waals surface area contributed by atoms with Crippen molar-refractivity contribution in [1.82, 2.24) is 0 Å². The number of hydrogen-bond acceptors (Lipinski definition) is 4. The zero-order valence-corrected chi connectivity index (χ0v) is 15.3. The third-order valence-electron chi connectivity index (χ3n) is 3.81. The Morgan fingerprint density at radius 3 is 2.39 bits per heavy atom. The molecule has 1 amide bonds. The van der Waals surface area contributed by atoms with E-state index < -0.39 is 35.3 Å². The van der Waals surface area contributed by atoms with Gasteiger partial charge in [0.15, 0.2) is 6.10 Å². The van der Waals surface area contributed by atoms with Gasteiger partial charge in [0.05, 0.1) is 5.02 Å². The van der Waals surface area contributed by atoms with E-state index >= 15 is 0 Å². The fraction of sp³-hybridized carbons (Fsp3) is 0.100. The van der Waals surface area contributed by atoms with Crippen molar-refractivity contribution in [2.75, 3.05) is 5.32 Å². The second kappa shape index (κ2) is 8.22. The zero-order valence-electron chi connectivity index (χ0n) is 14.5. The van der Waals surface area contributed by atoms with Gasteiger partial charge in [-0.15, -0.1) is 0 Å². The number of ether oxygens (including phenoxy) is 1. The van der Waals surface area contributed by atoms with Crippen LogP contribution < -0.4 is 5.32 Å². The van der Waals surface area contributed by atoms with Crippen LogP contribution >= 0.6 is 11.6 Å². The van der Waals surface area contributed by atoms with Crippen LogP contribution in [0.3, 0.4) is 0 Å². The number of anilines is 1. The van der Waals surface area contributed by atoms with Crippen molar-refractivity contribution < 1.29 is 27.5 Å². The summed E-state index contributed by atoms with van der Waals surface area (Å²) in [5.74, 6) is -3.48. The Bertz CT molecular complexity index is 1010. The first kappa shape index (κ1) is 19.6. The molecule has 1 atom stereocenters. The molecule has 0 aliphatic heterocycles. The molecule has 0 aliphatic rings. The zero-order chi connectivity index (χ0) is 20.3. The normalized spacial score (nSPS) is 11.7. The van der Waals surface area contributed by atoms with Crippen molar-refractivity contribution in [3.05, 3.63) is 77.0 Å². The first-order valence-corrected chi connectivity index (χ1v) is 8.55. The minimum Gasteiger partial charge on any atom is -0.449 e. The lowest BCUT2D eigenvalue weighted by atomic mass is 10.2. The summed E-state index contributed by atoms with van der Waals surface area (Å²) in [5, 5.41) is 2.50. The molecule has 0 fully saturated rings. The van der Waals surface area contributed by atoms with Crippen LogP contribution in [0.5, 0.6) is 0 Å². The number of nitrogens with one attached hydrogen (secondary N) is 1. The lowest BCUT2D eigenvalue weighted by molar-refractivity contribution is -0.123. The number of halogens is 3. The molecule has 8 heteroatoms. The van der Waals surface area contributed by atoms with Crippen molar-refractivity contribution in [1.29, 1.82) is 0 Å². The van der Waals surface area contributed by atoms with Gasteiger partial charge in [-0.2, -0.15) is 0 Å². The van der Waals surface area contributed by atoms with E-state index in [-0.39, 0.29) is 5.76 Å². The second-order valence-electron chi connectivity index (χ2n) is 5.78. The molecule has 0 bridgehead atoms. The summed E-state index contributed by atoms with van der Waals surface area (Å²) in [7, 11) is 0. The van der Waals surface area contributed by atoms with Crippen LogP contribution in [0.15, 0.2) is 59.0 Å². The van der Waals surface area contributed by atoms with Crippen LogP contribution in [0, 0.1) is 11.6 Å². The van der Waals surface area contributed by atoms with Crippen molar-refractivity contribution in [2.24, 2.45) is 0 Å². The van der Waals surface area contributed by atoms with Gasteiger partial charge in [0, 0.05) is 5.56 Å². The number of carbonyl (C=O) groups excluding carboxylic acids is 2. The lowest BCUT2D eigenvalue weighted by Crippen LogP contribution is -2.30. The number of amides is 1. The lowest BCUT2D eigenvalue weighted by Gasteiger charge is -2.13. The molecule has 28 heavy (non-hydrogen) atoms. The summed E-state index contributed by atoms with van der Waals surface area (Å²) in [6.07, 6.45) is -1.32. The van der Waals surface area contributed by atoms with E-state index in [4.69, 9.17) is 20.8 Å². The Labute approximate surface area is 163 Å². The van der Waals surface area contributed by atoms with Gasteiger partial charge in [-0.25, -0.2) is 13.6 Å². The van der Waals surface area contributed by atoms with Crippen molar-refractivity contribution in [2.45, 2.75) is 13.0 Å². The summed E-state index contributed by atoms with van der Waals surface area (Å²) in [6.45, 7) is 1.27. The molecule has 0 aliphatic carbocycles. The van der Waals surface area contributed by atoms with Gasteiger partial charge in [-0.1, -0.05) is 29.8 Å². The summed E-state index contributed by atoms with van der Waals surface area (Å²) in [4.78, 5) is 24.3. The van der Waals surface area contributed by atoms with E-state index in [0.29, 0.717) is 16.3 Å². The van der Waals surface area contributed by atoms with Crippen LogP contribution in [-0.2, 0) is 9.53 Å². The van der Waals surface area contributed by atoms with E-state index in [1.54, 1.807) is 24.3 Å². The van der Waals surface area contributed by atoms with Gasteiger partial charge in [0.1, 0.15) is 23.1 Å². The Morgan fingerprint density at radius 2 is 1.71 bits per heavy atom. The maximum Gasteiger partial charge on any atom is 0.375 e. The summed E-state index contributed by atoms with van der Waals surface area (Å²) in [5.41, 5.74) is -0.0292. The molecule has 2 aromatic carbocycles. The first-order valence-electron chi connectivity index (χ1n) is 8.17. The molecule has 0 spiro atoms. The van der Waals surface area contributed by atoms with Gasteiger partial charge in [-0.05, 0) is 43.3 Å². The maximum atomic E-state index is 13.6. The third-order valence-corrected chi connectivity index (χ3v) is 4.14. The minimum absolute atomic E-state index is 0.147. The summed E-state index contributed by atoms with van der Waals surface area (Å²) >= 11 is 6.09. The predicted molar refractivity (Wildman–Crippen MR) is 99.0 cm³/mol. The SMILES string of the molecule is C[C@@H](OC(=O)c1ccc(-c2ccccc2Cl)o1)C(=O)Nc1c(F)cccc1F. The summed E-state index contributed by atoms with van der Waals surface area (Å²) < 4.78 is 37.7. The van der Waals surface area contributed by atoms with Crippen LogP contribution in [-0.4, -0.2) is 18.0 Å². The molecule has 5 nitrogen and oxygen atoms in total. The second-order valence-corrected chi connectivity index (χ2v) is 6.18. The average Bonchev–Trinajstić information content (AvgIpc) is 3.15. The van der Waals surface area contributed by atoms with Gasteiger partial charge in [0.25, 0.3) is 5.91 Å². The van der Waals surface area contributed by atoms with Crippen molar-refractivity contribution >= 4 is 29.2 Å². The van der Waals surface area contributed by atoms with E-state index in [1.165, 1.54) is 19.1 Å². The van der Waals surface area contributed by atoms with E-state index in [2.05, 4.69) is 5.32 Å². The summed E-state index contributed by atoms with van der Waals surface area (Å²) in [6, 6.07) is 13.0. The number of hydrogen-bond donors (Lipinski definition) is 1. The highest BCUT2D eigenvalue weighted by molar-refractivity contribution is 6.33. The van der Waals surface area contributed by atoms with Crippen LogP contribution in [0.4, 0.5) is 14.5 Å². The Balaban J connectivity index is 1.68. The van der Waals surface area contributed by atoms with Gasteiger partial charge >= 0.3 is 5.97 Å². The predicted octanol–water partition coefficient (Wildman–Crippen LogP) is 5.06. The number of para-hydroxylation sites is 1. The minimum atomic E-state index is -1.32. The van der Waals surface area contributed by atoms with Crippen LogP contribution in [0.1, 0.15) is 17.5 Å². The number of rotatable bonds is 5. The van der Waals surface area contributed by atoms with E-state index in [0.717, 1.165) is 18.2 Å². The molecule has 1 aromatic heterocycles. The smallest absolute Gasteiger partial charge is 0.375 e. The molecular formula is C20H14ClF2NO4. The molecule has 1 heterocycles. The highest BCUT2D eigenvalue weighted by Crippen LogP contribution is 2.29. The molecule has 144 valence electrons. The van der Waals surface area contributed by atoms with Gasteiger partial charge in [-0.3, -0.25) is 4.79 Å². The molecule has 0 saturated heterocycles. The average molecular weight is 406 g/mol. The highest BCUT2D eigenvalue weighted by Gasteiger charge is 2.23. The van der Waals surface area contributed by atoms with Crippen LogP contribution in [0.2, 0.25) is 5.02 Å². The van der Waals surface area contributed by atoms with Gasteiger partial charge < -0.3 is 14.5 Å². The topological polar surface area (TPSA) is 68.5 Å². The molecule has 0 saturated carbocycles. The Kier molecular flexibility index (Phi) is 5.75. The first-order chi connectivity index (χ1) is 13.4. The molecule has 3 rings (SSSR count). The molecular weight excluding hydrogens is 392 g/mol. The number of furan rings is 1. The largest absolute Gasteiger partial charge is 0.449 e. The fourth-order valence-electron chi connectivity index (χ4n) is 2.37. The van der Waals surface area contributed by atoms with Crippen molar-refractivity contribution in [3.8, 4) is 11.3 Å². The van der Waals surface area contributed by atoms with E-state index in [1.807, 2.05) is 0 Å². The molecule has 3 aromatic rings. The fourth-order valence-corrected chi connectivity index (χ4v) is 2.60. The van der Waals surface area contributed by atoms with E-state index in [9.17, 15) is 18.4 Å². The molecule has 0 radical (unpaired) electrons. The number of esters is 1. The maximum absolute atomic E-state index is 13.6. The monoisotopic (exact) mass is 405 g/mol. The van der Waals surface area contributed by atoms with Crippen molar-refractivity contribution in [3.63, 3.8) is 0 Å². The third kappa shape index (κ3) is 4.20. The molecule has 0 unspecified atom stereocenters. The number of benzene rings is 2. The van der Waals surface area contributed by atoms with Crippen LogP contribution in [0.25, 0.3) is 11.3 Å². The Morgan fingerprint density at radius 1 is 1.04 bits per heavy atom.